The number of anilines is 1. The van der Waals surface area contributed by atoms with Crippen molar-refractivity contribution in [2.24, 2.45) is 0 Å². The average Bonchev–Trinajstić information content (AvgIpc) is 3.23. The molecule has 0 saturated heterocycles. The van der Waals surface area contributed by atoms with Gasteiger partial charge in [0.1, 0.15) is 5.75 Å². The van der Waals surface area contributed by atoms with E-state index in [0.29, 0.717) is 22.2 Å². The van der Waals surface area contributed by atoms with E-state index in [0.717, 1.165) is 33.0 Å². The number of carbonyl (C=O) groups excluding carboxylic acids is 1. The smallest absolute Gasteiger partial charge is 0.337 e. The minimum atomic E-state index is -1.18. The van der Waals surface area contributed by atoms with Gasteiger partial charge in [-0.25, -0.2) is 4.79 Å². The van der Waals surface area contributed by atoms with Crippen LogP contribution in [0.4, 0.5) is 5.69 Å². The Hall–Kier alpha value is -3.34. The van der Waals surface area contributed by atoms with Crippen molar-refractivity contribution in [2.45, 2.75) is 19.0 Å². The van der Waals surface area contributed by atoms with Gasteiger partial charge in [0.25, 0.3) is 0 Å². The van der Waals surface area contributed by atoms with Gasteiger partial charge in [0.05, 0.1) is 27.6 Å². The van der Waals surface area contributed by atoms with Crippen molar-refractivity contribution in [3.63, 3.8) is 0 Å². The summed E-state index contributed by atoms with van der Waals surface area (Å²) in [6.07, 6.45) is 0. The first kappa shape index (κ1) is 25.7. The van der Waals surface area contributed by atoms with E-state index in [1.807, 2.05) is 32.0 Å². The third-order valence-electron chi connectivity index (χ3n) is 5.24. The van der Waals surface area contributed by atoms with Crippen molar-refractivity contribution >= 4 is 56.9 Å². The molecule has 36 heavy (non-hydrogen) atoms. The normalized spacial score (nSPS) is 10.9. The first-order valence-corrected chi connectivity index (χ1v) is 12.8. The lowest BCUT2D eigenvalue weighted by molar-refractivity contribution is -0.113. The van der Waals surface area contributed by atoms with Crippen LogP contribution in [0.25, 0.3) is 17.1 Å². The summed E-state index contributed by atoms with van der Waals surface area (Å²) in [6.45, 7) is 3.96. The molecule has 0 aliphatic rings. The topological polar surface area (TPSA) is 117 Å². The average molecular weight is 588 g/mol. The van der Waals surface area contributed by atoms with Crippen molar-refractivity contribution in [2.75, 3.05) is 11.1 Å². The number of aromatic carboxylic acids is 1. The van der Waals surface area contributed by atoms with Crippen LogP contribution < -0.4 is 5.32 Å². The number of halogens is 2. The van der Waals surface area contributed by atoms with E-state index in [4.69, 9.17) is 11.6 Å². The highest BCUT2D eigenvalue weighted by atomic mass is 79.9. The van der Waals surface area contributed by atoms with Gasteiger partial charge in [-0.15, -0.1) is 10.2 Å². The quantitative estimate of drug-likeness (QED) is 0.224. The minimum absolute atomic E-state index is 0.0153. The van der Waals surface area contributed by atoms with Crippen LogP contribution in [0.1, 0.15) is 21.5 Å². The Kier molecular flexibility index (Phi) is 7.67. The molecule has 0 fully saturated rings. The second-order valence-corrected chi connectivity index (χ2v) is 10.2. The number of carboxylic acid groups (broad SMARTS) is 1. The molecule has 3 N–H and O–H groups in total. The Bertz CT molecular complexity index is 1490. The molecular formula is C25H20BrClN4O4S. The number of amides is 1. The highest BCUT2D eigenvalue weighted by Crippen LogP contribution is 2.35. The Balaban J connectivity index is 1.65. The fraction of sp³-hybridized carbons (Fsp3) is 0.120. The summed E-state index contributed by atoms with van der Waals surface area (Å²) < 4.78 is 2.57. The molecular weight excluding hydrogens is 568 g/mol. The van der Waals surface area contributed by atoms with Gasteiger partial charge < -0.3 is 15.5 Å². The maximum atomic E-state index is 12.7. The van der Waals surface area contributed by atoms with Crippen molar-refractivity contribution < 1.29 is 19.8 Å². The zero-order valence-electron chi connectivity index (χ0n) is 19.1. The van der Waals surface area contributed by atoms with Gasteiger partial charge in [-0.05, 0) is 61.9 Å². The highest BCUT2D eigenvalue weighted by Gasteiger charge is 2.21. The van der Waals surface area contributed by atoms with Gasteiger partial charge >= 0.3 is 5.97 Å². The summed E-state index contributed by atoms with van der Waals surface area (Å²) in [7, 11) is 0. The molecule has 0 spiro atoms. The Morgan fingerprint density at radius 1 is 1.08 bits per heavy atom. The molecule has 0 bridgehead atoms. The molecule has 0 aliphatic carbocycles. The van der Waals surface area contributed by atoms with Crippen molar-refractivity contribution in [3.8, 4) is 22.8 Å². The molecule has 11 heteroatoms. The molecule has 1 aromatic heterocycles. The molecule has 0 aliphatic heterocycles. The first-order chi connectivity index (χ1) is 17.1. The zero-order valence-corrected chi connectivity index (χ0v) is 22.3. The number of thioether (sulfide) groups is 1. The van der Waals surface area contributed by atoms with Crippen LogP contribution >= 0.6 is 39.3 Å². The van der Waals surface area contributed by atoms with Crippen LogP contribution in [0, 0.1) is 13.8 Å². The number of nitrogens with one attached hydrogen (secondary N) is 1. The van der Waals surface area contributed by atoms with Crippen LogP contribution in [0.15, 0.2) is 64.2 Å². The number of carbonyl (C=O) groups is 2. The summed E-state index contributed by atoms with van der Waals surface area (Å²) in [4.78, 5) is 24.0. The van der Waals surface area contributed by atoms with Gasteiger partial charge in [0, 0.05) is 10.2 Å². The lowest BCUT2D eigenvalue weighted by atomic mass is 10.1. The number of rotatable bonds is 7. The van der Waals surface area contributed by atoms with E-state index in [1.54, 1.807) is 22.8 Å². The van der Waals surface area contributed by atoms with Gasteiger partial charge in [-0.2, -0.15) is 0 Å². The van der Waals surface area contributed by atoms with Crippen LogP contribution in [-0.4, -0.2) is 42.6 Å². The van der Waals surface area contributed by atoms with Crippen LogP contribution in [0.3, 0.4) is 0 Å². The van der Waals surface area contributed by atoms with Crippen LogP contribution in [-0.2, 0) is 4.79 Å². The Morgan fingerprint density at radius 2 is 1.86 bits per heavy atom. The number of hydrogen-bond donors (Lipinski definition) is 3. The second kappa shape index (κ2) is 10.7. The number of phenolic OH excluding ortho intramolecular Hbond substituents is 1. The predicted octanol–water partition coefficient (Wildman–Crippen LogP) is 6.10. The number of benzene rings is 3. The molecule has 0 saturated carbocycles. The number of carboxylic acids is 1. The van der Waals surface area contributed by atoms with E-state index in [1.165, 1.54) is 18.2 Å². The number of phenols is 1. The summed E-state index contributed by atoms with van der Waals surface area (Å²) in [6, 6.07) is 15.2. The maximum absolute atomic E-state index is 12.7. The summed E-state index contributed by atoms with van der Waals surface area (Å²) in [5, 5.41) is 31.6. The molecule has 0 radical (unpaired) electrons. The highest BCUT2D eigenvalue weighted by molar-refractivity contribution is 9.10. The second-order valence-electron chi connectivity index (χ2n) is 7.93. The molecule has 4 rings (SSSR count). The largest absolute Gasteiger partial charge is 0.507 e. The lowest BCUT2D eigenvalue weighted by Crippen LogP contribution is -2.15. The third-order valence-corrected chi connectivity index (χ3v) is 6.99. The van der Waals surface area contributed by atoms with E-state index in [2.05, 4.69) is 31.4 Å². The van der Waals surface area contributed by atoms with Crippen molar-refractivity contribution in [1.29, 1.82) is 0 Å². The third kappa shape index (κ3) is 5.56. The first-order valence-electron chi connectivity index (χ1n) is 10.6. The summed E-state index contributed by atoms with van der Waals surface area (Å²) in [5.74, 6) is -1.09. The number of aromatic nitrogens is 3. The zero-order chi connectivity index (χ0) is 26.0. The minimum Gasteiger partial charge on any atom is -0.507 e. The lowest BCUT2D eigenvalue weighted by Gasteiger charge is -2.14. The monoisotopic (exact) mass is 586 g/mol. The van der Waals surface area contributed by atoms with E-state index in [-0.39, 0.29) is 28.0 Å². The van der Waals surface area contributed by atoms with Crippen LogP contribution in [0.5, 0.6) is 5.75 Å². The van der Waals surface area contributed by atoms with E-state index in [9.17, 15) is 19.8 Å². The summed E-state index contributed by atoms with van der Waals surface area (Å²) >= 11 is 10.5. The van der Waals surface area contributed by atoms with Gasteiger partial charge in [-0.3, -0.25) is 9.36 Å². The standard InChI is InChI=1S/C25H20BrClN4O4S/c1-13-3-7-20(14(2)9-13)31-23(18-10-15(26)4-8-21(18)32)29-30-25(31)36-12-22(33)28-16-5-6-19(27)17(11-16)24(34)35/h3-11,32H,12H2,1-2H3,(H,28,33)(H,34,35). The molecule has 1 heterocycles. The maximum Gasteiger partial charge on any atom is 0.337 e. The van der Waals surface area contributed by atoms with E-state index < -0.39 is 5.97 Å². The number of hydrogen-bond acceptors (Lipinski definition) is 6. The predicted molar refractivity (Wildman–Crippen MR) is 143 cm³/mol. The molecule has 3 aromatic carbocycles. The molecule has 0 atom stereocenters. The number of nitrogens with zero attached hydrogens (tertiary/aromatic N) is 3. The van der Waals surface area contributed by atoms with E-state index >= 15 is 0 Å². The Morgan fingerprint density at radius 3 is 2.58 bits per heavy atom. The SMILES string of the molecule is Cc1ccc(-n2c(SCC(=O)Nc3ccc(Cl)c(C(=O)O)c3)nnc2-c2cc(Br)ccc2O)c(C)c1. The molecule has 0 unspecified atom stereocenters. The van der Waals surface area contributed by atoms with Crippen molar-refractivity contribution in [3.05, 3.63) is 80.8 Å². The Labute approximate surface area is 224 Å². The molecule has 4 aromatic rings. The molecule has 184 valence electrons. The fourth-order valence-electron chi connectivity index (χ4n) is 3.59. The molecule has 8 nitrogen and oxygen atoms in total. The van der Waals surface area contributed by atoms with Crippen molar-refractivity contribution in [1.82, 2.24) is 14.8 Å². The van der Waals surface area contributed by atoms with Crippen LogP contribution in [0.2, 0.25) is 5.02 Å². The summed E-state index contributed by atoms with van der Waals surface area (Å²) in [5.41, 5.74) is 3.57. The fourth-order valence-corrected chi connectivity index (χ4v) is 4.90. The van der Waals surface area contributed by atoms with Gasteiger partial charge in [0.2, 0.25) is 5.91 Å². The number of aromatic hydroxyl groups is 1. The van der Waals surface area contributed by atoms with Gasteiger partial charge in [0.15, 0.2) is 11.0 Å². The van der Waals surface area contributed by atoms with Gasteiger partial charge in [-0.1, -0.05) is 57.0 Å². The molecule has 1 amide bonds. The number of aryl methyl sites for hydroxylation is 2.